The van der Waals surface area contributed by atoms with Gasteiger partial charge in [0.05, 0.1) is 5.52 Å². The van der Waals surface area contributed by atoms with Crippen molar-refractivity contribution in [1.29, 1.82) is 0 Å². The molecule has 0 aromatic carbocycles. The topological polar surface area (TPSA) is 108 Å². The average Bonchev–Trinajstić information content (AvgIpc) is 3.12. The number of aromatic amines is 1. The highest BCUT2D eigenvalue weighted by Gasteiger charge is 2.11. The number of hydrogen-bond donors (Lipinski definition) is 3. The monoisotopic (exact) mass is 373 g/mol. The number of amides is 2. The summed E-state index contributed by atoms with van der Waals surface area (Å²) in [6.07, 6.45) is 5.85. The quantitative estimate of drug-likeness (QED) is 0.498. The van der Waals surface area contributed by atoms with Crippen molar-refractivity contribution in [2.45, 2.75) is 13.3 Å². The largest absolute Gasteiger partial charge is 0.337 e. The van der Waals surface area contributed by atoms with Crippen molar-refractivity contribution < 1.29 is 4.79 Å². The lowest BCUT2D eigenvalue weighted by Crippen LogP contribution is -2.30. The molecule has 0 saturated carbocycles. The number of pyridine rings is 3. The number of nitrogens with one attached hydrogen (secondary N) is 3. The van der Waals surface area contributed by atoms with Crippen molar-refractivity contribution in [1.82, 2.24) is 30.5 Å². The molecule has 0 aliphatic carbocycles. The van der Waals surface area contributed by atoms with Gasteiger partial charge < -0.3 is 5.32 Å². The highest BCUT2D eigenvalue weighted by atomic mass is 16.2. The number of aryl methyl sites for hydroxylation is 1. The molecule has 0 saturated heterocycles. The van der Waals surface area contributed by atoms with Gasteiger partial charge in [-0.1, -0.05) is 6.07 Å². The number of fused-ring (bicyclic) bond motifs is 1. The number of urea groups is 1. The Hall–Kier alpha value is -3.81. The summed E-state index contributed by atoms with van der Waals surface area (Å²) in [6.45, 7) is 2.42. The third-order valence-corrected chi connectivity index (χ3v) is 4.25. The first kappa shape index (κ1) is 17.6. The third-order valence-electron chi connectivity index (χ3n) is 4.25. The molecule has 8 heteroatoms. The minimum absolute atomic E-state index is 0.313. The summed E-state index contributed by atoms with van der Waals surface area (Å²) in [5.41, 5.74) is 4.41. The average molecular weight is 373 g/mol. The Balaban J connectivity index is 1.41. The van der Waals surface area contributed by atoms with E-state index >= 15 is 0 Å². The number of hydrogen-bond acceptors (Lipinski definition) is 5. The Morgan fingerprint density at radius 2 is 2.04 bits per heavy atom. The summed E-state index contributed by atoms with van der Waals surface area (Å²) in [5, 5.41) is 13.8. The molecule has 0 aliphatic rings. The predicted octanol–water partition coefficient (Wildman–Crippen LogP) is 3.09. The maximum Gasteiger partial charge on any atom is 0.320 e. The van der Waals surface area contributed by atoms with Gasteiger partial charge >= 0.3 is 6.03 Å². The fourth-order valence-electron chi connectivity index (χ4n) is 2.90. The number of H-pyrrole nitrogens is 1. The fraction of sp³-hybridized carbons (Fsp3) is 0.150. The molecule has 4 aromatic rings. The molecule has 0 radical (unpaired) electrons. The molecule has 140 valence electrons. The van der Waals surface area contributed by atoms with Crippen LogP contribution >= 0.6 is 0 Å². The zero-order valence-electron chi connectivity index (χ0n) is 15.3. The van der Waals surface area contributed by atoms with Crippen LogP contribution in [0.3, 0.4) is 0 Å². The number of aromatic nitrogens is 5. The summed E-state index contributed by atoms with van der Waals surface area (Å²) in [5.74, 6) is 0.448. The van der Waals surface area contributed by atoms with E-state index in [-0.39, 0.29) is 6.03 Å². The van der Waals surface area contributed by atoms with Gasteiger partial charge in [0.25, 0.3) is 0 Å². The molecule has 0 unspecified atom stereocenters. The van der Waals surface area contributed by atoms with Crippen LogP contribution in [0.5, 0.6) is 0 Å². The third kappa shape index (κ3) is 3.96. The maximum atomic E-state index is 12.1. The van der Waals surface area contributed by atoms with Gasteiger partial charge in [0.1, 0.15) is 11.5 Å². The summed E-state index contributed by atoms with van der Waals surface area (Å²) in [4.78, 5) is 24.9. The first-order valence-corrected chi connectivity index (χ1v) is 8.91. The van der Waals surface area contributed by atoms with E-state index in [0.29, 0.717) is 18.8 Å². The van der Waals surface area contributed by atoms with Crippen molar-refractivity contribution in [3.8, 4) is 11.3 Å². The van der Waals surface area contributed by atoms with E-state index < -0.39 is 0 Å². The Morgan fingerprint density at radius 1 is 1.11 bits per heavy atom. The van der Waals surface area contributed by atoms with Gasteiger partial charge in [-0.05, 0) is 31.2 Å². The number of carbonyl (C=O) groups excluding carboxylic acids is 1. The number of carbonyl (C=O) groups is 1. The summed E-state index contributed by atoms with van der Waals surface area (Å²) in [7, 11) is 0. The van der Waals surface area contributed by atoms with Gasteiger partial charge in [-0.2, -0.15) is 5.10 Å². The van der Waals surface area contributed by atoms with Crippen LogP contribution in [0.2, 0.25) is 0 Å². The fourth-order valence-corrected chi connectivity index (χ4v) is 2.90. The summed E-state index contributed by atoms with van der Waals surface area (Å²) >= 11 is 0. The van der Waals surface area contributed by atoms with Gasteiger partial charge in [0.2, 0.25) is 0 Å². The van der Waals surface area contributed by atoms with Crippen LogP contribution in [0, 0.1) is 6.92 Å². The molecule has 28 heavy (non-hydrogen) atoms. The molecule has 8 nitrogen and oxygen atoms in total. The number of rotatable bonds is 5. The minimum Gasteiger partial charge on any atom is -0.337 e. The van der Waals surface area contributed by atoms with Gasteiger partial charge in [0, 0.05) is 60.0 Å². The molecule has 0 spiro atoms. The minimum atomic E-state index is -0.313. The molecule has 2 amide bonds. The predicted molar refractivity (Wildman–Crippen MR) is 107 cm³/mol. The van der Waals surface area contributed by atoms with E-state index in [4.69, 9.17) is 0 Å². The van der Waals surface area contributed by atoms with Crippen molar-refractivity contribution in [3.05, 3.63) is 66.4 Å². The molecule has 0 atom stereocenters. The molecule has 3 N–H and O–H groups in total. The van der Waals surface area contributed by atoms with E-state index in [9.17, 15) is 4.79 Å². The van der Waals surface area contributed by atoms with Crippen LogP contribution in [0.4, 0.5) is 10.6 Å². The first-order valence-electron chi connectivity index (χ1n) is 8.91. The summed E-state index contributed by atoms with van der Waals surface area (Å²) in [6, 6.07) is 11.0. The maximum absolute atomic E-state index is 12.1. The molecule has 4 aromatic heterocycles. The zero-order chi connectivity index (χ0) is 19.3. The van der Waals surface area contributed by atoms with E-state index in [2.05, 4.69) is 35.8 Å². The lowest BCUT2D eigenvalue weighted by Gasteiger charge is -2.07. The second-order valence-electron chi connectivity index (χ2n) is 6.33. The van der Waals surface area contributed by atoms with Crippen LogP contribution in [0.25, 0.3) is 22.2 Å². The SMILES string of the molecule is Cc1cc(-c2n[nH]c3cc(NC(=O)NCCc4ccccn4)ncc23)ccn1. The molecular formula is C20H19N7O. The van der Waals surface area contributed by atoms with Crippen LogP contribution in [0.1, 0.15) is 11.4 Å². The van der Waals surface area contributed by atoms with Crippen LogP contribution in [-0.2, 0) is 6.42 Å². The molecule has 0 bridgehead atoms. The van der Waals surface area contributed by atoms with E-state index in [1.807, 2.05) is 37.3 Å². The highest BCUT2D eigenvalue weighted by Crippen LogP contribution is 2.26. The first-order chi connectivity index (χ1) is 13.7. The lowest BCUT2D eigenvalue weighted by atomic mass is 10.1. The smallest absolute Gasteiger partial charge is 0.320 e. The number of nitrogens with zero attached hydrogens (tertiary/aromatic N) is 4. The van der Waals surface area contributed by atoms with Gasteiger partial charge in [0.15, 0.2) is 0 Å². The van der Waals surface area contributed by atoms with Crippen LogP contribution < -0.4 is 10.6 Å². The Labute approximate surface area is 161 Å². The molecular weight excluding hydrogens is 354 g/mol. The highest BCUT2D eigenvalue weighted by molar-refractivity contribution is 5.95. The van der Waals surface area contributed by atoms with Gasteiger partial charge in [-0.15, -0.1) is 0 Å². The lowest BCUT2D eigenvalue weighted by molar-refractivity contribution is 0.252. The second-order valence-corrected chi connectivity index (χ2v) is 6.33. The van der Waals surface area contributed by atoms with E-state index in [0.717, 1.165) is 33.5 Å². The van der Waals surface area contributed by atoms with Crippen molar-refractivity contribution in [3.63, 3.8) is 0 Å². The Bertz CT molecular complexity index is 1110. The summed E-state index contributed by atoms with van der Waals surface area (Å²) < 4.78 is 0. The Morgan fingerprint density at radius 3 is 2.86 bits per heavy atom. The molecule has 4 rings (SSSR count). The second kappa shape index (κ2) is 7.83. The van der Waals surface area contributed by atoms with Crippen molar-refractivity contribution in [2.24, 2.45) is 0 Å². The van der Waals surface area contributed by atoms with Crippen molar-refractivity contribution in [2.75, 3.05) is 11.9 Å². The zero-order valence-corrected chi connectivity index (χ0v) is 15.3. The standard InChI is InChI=1S/C20H19N7O/c1-13-10-14(5-8-21-13)19-16-12-24-18(11-17(16)26-27-19)25-20(28)23-9-6-15-4-2-3-7-22-15/h2-5,7-8,10-12H,6,9H2,1H3,(H,26,27)(H2,23,24,25,28). The van der Waals surface area contributed by atoms with Crippen LogP contribution in [0.15, 0.2) is 55.0 Å². The molecule has 0 aliphatic heterocycles. The van der Waals surface area contributed by atoms with Crippen LogP contribution in [-0.4, -0.2) is 37.7 Å². The Kier molecular flexibility index (Phi) is 4.92. The van der Waals surface area contributed by atoms with Gasteiger partial charge in [-0.25, -0.2) is 9.78 Å². The van der Waals surface area contributed by atoms with E-state index in [1.54, 1.807) is 24.7 Å². The molecule has 0 fully saturated rings. The van der Waals surface area contributed by atoms with Crippen molar-refractivity contribution >= 4 is 22.8 Å². The normalized spacial score (nSPS) is 10.8. The van der Waals surface area contributed by atoms with E-state index in [1.165, 1.54) is 0 Å². The number of anilines is 1. The molecule has 4 heterocycles. The van der Waals surface area contributed by atoms with Gasteiger partial charge in [-0.3, -0.25) is 20.4 Å².